The summed E-state index contributed by atoms with van der Waals surface area (Å²) in [5.41, 5.74) is 3.73. The topological polar surface area (TPSA) is 38.3 Å². The number of hydrogen-bond acceptors (Lipinski definition) is 3. The van der Waals surface area contributed by atoms with Crippen molar-refractivity contribution in [3.8, 4) is 0 Å². The molecule has 1 heterocycles. The molecule has 0 saturated carbocycles. The van der Waals surface area contributed by atoms with Crippen LogP contribution in [-0.4, -0.2) is 19.1 Å². The number of aryl methyl sites for hydroxylation is 2. The number of nitrogens with one attached hydrogen (secondary N) is 1. The maximum atomic E-state index is 10.2. The van der Waals surface area contributed by atoms with Crippen LogP contribution < -0.4 is 5.32 Å². The zero-order chi connectivity index (χ0) is 10.7. The van der Waals surface area contributed by atoms with E-state index in [1.165, 1.54) is 16.8 Å². The van der Waals surface area contributed by atoms with Crippen molar-refractivity contribution in [1.82, 2.24) is 0 Å². The summed E-state index contributed by atoms with van der Waals surface area (Å²) in [6.07, 6.45) is 2.69. The zero-order valence-corrected chi connectivity index (χ0v) is 8.82. The van der Waals surface area contributed by atoms with Crippen molar-refractivity contribution in [1.29, 1.82) is 0 Å². The Balaban J connectivity index is 2.11. The predicted octanol–water partition coefficient (Wildman–Crippen LogP) is 1.89. The quantitative estimate of drug-likeness (QED) is 0.766. The van der Waals surface area contributed by atoms with E-state index in [0.29, 0.717) is 0 Å². The van der Waals surface area contributed by atoms with E-state index in [9.17, 15) is 4.79 Å². The Morgan fingerprint density at radius 2 is 2.47 bits per heavy atom. The van der Waals surface area contributed by atoms with Gasteiger partial charge < -0.3 is 14.8 Å². The summed E-state index contributed by atoms with van der Waals surface area (Å²) in [7, 11) is 0. The first-order valence-corrected chi connectivity index (χ1v) is 5.21. The van der Waals surface area contributed by atoms with Gasteiger partial charge in [-0.25, -0.2) is 0 Å². The molecule has 15 heavy (non-hydrogen) atoms. The van der Waals surface area contributed by atoms with Crippen LogP contribution in [0.25, 0.3) is 0 Å². The molecule has 1 atom stereocenters. The zero-order valence-electron chi connectivity index (χ0n) is 8.82. The van der Waals surface area contributed by atoms with Gasteiger partial charge in [0.1, 0.15) is 19.1 Å². The second kappa shape index (κ2) is 4.45. The number of fused-ring (bicyclic) bond motifs is 1. The fourth-order valence-electron chi connectivity index (χ4n) is 1.94. The van der Waals surface area contributed by atoms with Crippen molar-refractivity contribution in [3.63, 3.8) is 0 Å². The number of hydrogen-bond donors (Lipinski definition) is 1. The molecular weight excluding hydrogens is 190 g/mol. The molecule has 0 spiro atoms. The minimum Gasteiger partial charge on any atom is -0.360 e. The summed E-state index contributed by atoms with van der Waals surface area (Å²) in [5.74, 6) is 0. The first kappa shape index (κ1) is 10.2. The van der Waals surface area contributed by atoms with Gasteiger partial charge in [-0.2, -0.15) is 0 Å². The van der Waals surface area contributed by atoms with E-state index >= 15 is 0 Å². The van der Waals surface area contributed by atoms with E-state index in [0.717, 1.165) is 19.1 Å². The molecule has 0 fully saturated rings. The maximum absolute atomic E-state index is 10.2. The molecule has 0 radical (unpaired) electrons. The molecule has 1 aliphatic heterocycles. The Morgan fingerprint density at radius 3 is 3.27 bits per heavy atom. The highest BCUT2D eigenvalue weighted by molar-refractivity contribution is 5.59. The van der Waals surface area contributed by atoms with Crippen molar-refractivity contribution in [2.24, 2.45) is 0 Å². The lowest BCUT2D eigenvalue weighted by Crippen LogP contribution is -2.29. The van der Waals surface area contributed by atoms with E-state index in [1.54, 1.807) is 0 Å². The summed E-state index contributed by atoms with van der Waals surface area (Å²) >= 11 is 0. The van der Waals surface area contributed by atoms with Crippen LogP contribution in [0.5, 0.6) is 0 Å². The maximum Gasteiger partial charge on any atom is 0.145 e. The van der Waals surface area contributed by atoms with E-state index in [-0.39, 0.29) is 12.8 Å². The lowest BCUT2D eigenvalue weighted by atomic mass is 9.99. The van der Waals surface area contributed by atoms with Crippen LogP contribution in [0.15, 0.2) is 18.2 Å². The normalized spacial score (nSPS) is 19.1. The number of rotatable bonds is 3. The van der Waals surface area contributed by atoms with Crippen LogP contribution in [-0.2, 0) is 16.0 Å². The van der Waals surface area contributed by atoms with Gasteiger partial charge in [0.05, 0.1) is 0 Å². The SMILES string of the molecule is Cc1cccc2c1NC(OCC=O)CC2. The third kappa shape index (κ3) is 2.18. The molecule has 1 aromatic rings. The fraction of sp³-hybridized carbons (Fsp3) is 0.417. The molecular formula is C12H15NO2. The molecule has 0 aliphatic carbocycles. The van der Waals surface area contributed by atoms with Crippen LogP contribution in [0.3, 0.4) is 0 Å². The van der Waals surface area contributed by atoms with Crippen LogP contribution in [0.4, 0.5) is 5.69 Å². The van der Waals surface area contributed by atoms with Crippen molar-refractivity contribution >= 4 is 12.0 Å². The second-order valence-electron chi connectivity index (χ2n) is 3.78. The van der Waals surface area contributed by atoms with Gasteiger partial charge in [0.15, 0.2) is 0 Å². The van der Waals surface area contributed by atoms with Gasteiger partial charge in [-0.05, 0) is 30.9 Å². The van der Waals surface area contributed by atoms with Gasteiger partial charge in [-0.3, -0.25) is 0 Å². The smallest absolute Gasteiger partial charge is 0.145 e. The monoisotopic (exact) mass is 205 g/mol. The van der Waals surface area contributed by atoms with Gasteiger partial charge in [0, 0.05) is 5.69 Å². The summed E-state index contributed by atoms with van der Waals surface area (Å²) in [6, 6.07) is 6.28. The van der Waals surface area contributed by atoms with Gasteiger partial charge in [0.2, 0.25) is 0 Å². The standard InChI is InChI=1S/C12H15NO2/c1-9-3-2-4-10-5-6-11(13-12(9)10)15-8-7-14/h2-4,7,11,13H,5-6,8H2,1H3. The van der Waals surface area contributed by atoms with E-state index in [1.807, 2.05) is 0 Å². The molecule has 3 nitrogen and oxygen atoms in total. The third-order valence-corrected chi connectivity index (χ3v) is 2.71. The average molecular weight is 205 g/mol. The molecule has 0 saturated heterocycles. The Kier molecular flexibility index (Phi) is 3.02. The summed E-state index contributed by atoms with van der Waals surface area (Å²) in [5, 5.41) is 3.32. The van der Waals surface area contributed by atoms with E-state index < -0.39 is 0 Å². The molecule has 1 aliphatic rings. The van der Waals surface area contributed by atoms with Crippen LogP contribution in [0.2, 0.25) is 0 Å². The van der Waals surface area contributed by atoms with Crippen LogP contribution >= 0.6 is 0 Å². The lowest BCUT2D eigenvalue weighted by molar-refractivity contribution is -0.113. The molecule has 2 rings (SSSR count). The van der Waals surface area contributed by atoms with Crippen LogP contribution in [0.1, 0.15) is 17.5 Å². The van der Waals surface area contributed by atoms with Gasteiger partial charge in [0.25, 0.3) is 0 Å². The van der Waals surface area contributed by atoms with Crippen LogP contribution in [0, 0.1) is 6.92 Å². The van der Waals surface area contributed by atoms with E-state index in [4.69, 9.17) is 4.74 Å². The highest BCUT2D eigenvalue weighted by Crippen LogP contribution is 2.28. The number of anilines is 1. The minimum absolute atomic E-state index is 0.0243. The molecule has 0 aromatic heterocycles. The second-order valence-corrected chi connectivity index (χ2v) is 3.78. The highest BCUT2D eigenvalue weighted by atomic mass is 16.5. The Hall–Kier alpha value is -1.35. The van der Waals surface area contributed by atoms with Crippen molar-refractivity contribution < 1.29 is 9.53 Å². The highest BCUT2D eigenvalue weighted by Gasteiger charge is 2.18. The molecule has 0 amide bonds. The average Bonchev–Trinajstić information content (AvgIpc) is 2.27. The van der Waals surface area contributed by atoms with Crippen molar-refractivity contribution in [3.05, 3.63) is 29.3 Å². The molecule has 3 heteroatoms. The predicted molar refractivity (Wildman–Crippen MR) is 58.9 cm³/mol. The Labute approximate surface area is 89.4 Å². The summed E-state index contributed by atoms with van der Waals surface area (Å²) in [4.78, 5) is 10.2. The summed E-state index contributed by atoms with van der Waals surface area (Å²) in [6.45, 7) is 2.24. The molecule has 80 valence electrons. The first-order chi connectivity index (χ1) is 7.31. The largest absolute Gasteiger partial charge is 0.360 e. The van der Waals surface area contributed by atoms with E-state index in [2.05, 4.69) is 30.4 Å². The number of aldehydes is 1. The number of para-hydroxylation sites is 1. The first-order valence-electron chi connectivity index (χ1n) is 5.21. The molecule has 1 unspecified atom stereocenters. The van der Waals surface area contributed by atoms with Gasteiger partial charge >= 0.3 is 0 Å². The minimum atomic E-state index is -0.0243. The number of ether oxygens (including phenoxy) is 1. The van der Waals surface area contributed by atoms with Gasteiger partial charge in [-0.1, -0.05) is 18.2 Å². The third-order valence-electron chi connectivity index (χ3n) is 2.71. The fourth-order valence-corrected chi connectivity index (χ4v) is 1.94. The van der Waals surface area contributed by atoms with Crippen molar-refractivity contribution in [2.75, 3.05) is 11.9 Å². The molecule has 1 aromatic carbocycles. The van der Waals surface area contributed by atoms with Gasteiger partial charge in [-0.15, -0.1) is 0 Å². The molecule has 1 N–H and O–H groups in total. The number of carbonyl (C=O) groups excluding carboxylic acids is 1. The Bertz CT molecular complexity index is 363. The number of benzene rings is 1. The molecule has 0 bridgehead atoms. The summed E-state index contributed by atoms with van der Waals surface area (Å²) < 4.78 is 5.36. The number of carbonyl (C=O) groups is 1. The van der Waals surface area contributed by atoms with Crippen molar-refractivity contribution in [2.45, 2.75) is 26.0 Å². The Morgan fingerprint density at radius 1 is 1.60 bits per heavy atom. The lowest BCUT2D eigenvalue weighted by Gasteiger charge is -2.27.